The average molecular weight is 244 g/mol. The SMILES string of the molecule is CC1(C)C(Cl)CCN1C(=O)c1ccsc1. The summed E-state index contributed by atoms with van der Waals surface area (Å²) in [7, 11) is 0. The molecule has 2 nitrogen and oxygen atoms in total. The van der Waals surface area contributed by atoms with E-state index in [4.69, 9.17) is 11.6 Å². The molecule has 0 spiro atoms. The highest BCUT2D eigenvalue weighted by Gasteiger charge is 2.42. The minimum atomic E-state index is -0.236. The van der Waals surface area contributed by atoms with Gasteiger partial charge in [0, 0.05) is 11.9 Å². The third-order valence-corrected chi connectivity index (χ3v) is 4.52. The van der Waals surface area contributed by atoms with Gasteiger partial charge in [-0.1, -0.05) is 0 Å². The van der Waals surface area contributed by atoms with E-state index in [1.165, 1.54) is 0 Å². The van der Waals surface area contributed by atoms with Crippen molar-refractivity contribution in [3.63, 3.8) is 0 Å². The Kier molecular flexibility index (Phi) is 2.77. The molecule has 1 aromatic heterocycles. The van der Waals surface area contributed by atoms with Gasteiger partial charge in [0.25, 0.3) is 5.91 Å². The van der Waals surface area contributed by atoms with Crippen molar-refractivity contribution in [3.8, 4) is 0 Å². The normalized spacial score (nSPS) is 24.5. The molecule has 4 heteroatoms. The molecule has 1 atom stereocenters. The van der Waals surface area contributed by atoms with Crippen molar-refractivity contribution in [1.29, 1.82) is 0 Å². The molecule has 1 amide bonds. The van der Waals surface area contributed by atoms with E-state index in [-0.39, 0.29) is 16.8 Å². The topological polar surface area (TPSA) is 20.3 Å². The average Bonchev–Trinajstić information content (AvgIpc) is 2.76. The molecule has 0 aliphatic carbocycles. The zero-order valence-electron chi connectivity index (χ0n) is 8.87. The van der Waals surface area contributed by atoms with E-state index in [0.717, 1.165) is 18.5 Å². The molecule has 0 radical (unpaired) electrons. The Morgan fingerprint density at radius 2 is 2.40 bits per heavy atom. The van der Waals surface area contributed by atoms with Crippen molar-refractivity contribution in [2.45, 2.75) is 31.2 Å². The molecular weight excluding hydrogens is 230 g/mol. The van der Waals surface area contributed by atoms with Gasteiger partial charge in [0.15, 0.2) is 0 Å². The lowest BCUT2D eigenvalue weighted by molar-refractivity contribution is 0.0655. The summed E-state index contributed by atoms with van der Waals surface area (Å²) in [6.45, 7) is 4.82. The minimum absolute atomic E-state index is 0.0556. The maximum Gasteiger partial charge on any atom is 0.255 e. The third-order valence-electron chi connectivity index (χ3n) is 3.08. The van der Waals surface area contributed by atoms with Gasteiger partial charge >= 0.3 is 0 Å². The van der Waals surface area contributed by atoms with Crippen LogP contribution in [-0.4, -0.2) is 28.3 Å². The van der Waals surface area contributed by atoms with Crippen LogP contribution in [0, 0.1) is 0 Å². The second-order valence-electron chi connectivity index (χ2n) is 4.38. The van der Waals surface area contributed by atoms with Crippen LogP contribution < -0.4 is 0 Å². The number of rotatable bonds is 1. The number of alkyl halides is 1. The van der Waals surface area contributed by atoms with Crippen molar-refractivity contribution in [2.24, 2.45) is 0 Å². The van der Waals surface area contributed by atoms with Crippen LogP contribution in [0.25, 0.3) is 0 Å². The van der Waals surface area contributed by atoms with Crippen LogP contribution >= 0.6 is 22.9 Å². The molecule has 82 valence electrons. The zero-order chi connectivity index (χ0) is 11.1. The largest absolute Gasteiger partial charge is 0.332 e. The Labute approximate surface area is 98.8 Å². The first-order chi connectivity index (χ1) is 7.03. The fourth-order valence-electron chi connectivity index (χ4n) is 1.96. The Bertz CT molecular complexity index is 361. The fraction of sp³-hybridized carbons (Fsp3) is 0.545. The number of thiophene rings is 1. The van der Waals surface area contributed by atoms with E-state index in [1.807, 2.05) is 35.6 Å². The van der Waals surface area contributed by atoms with Crippen molar-refractivity contribution < 1.29 is 4.79 Å². The summed E-state index contributed by atoms with van der Waals surface area (Å²) in [5.41, 5.74) is 0.541. The van der Waals surface area contributed by atoms with E-state index in [9.17, 15) is 4.79 Å². The van der Waals surface area contributed by atoms with Gasteiger partial charge in [-0.15, -0.1) is 11.6 Å². The number of nitrogens with zero attached hydrogens (tertiary/aromatic N) is 1. The molecule has 2 heterocycles. The highest BCUT2D eigenvalue weighted by Crippen LogP contribution is 2.34. The molecule has 1 unspecified atom stereocenters. The Morgan fingerprint density at radius 3 is 2.87 bits per heavy atom. The summed E-state index contributed by atoms with van der Waals surface area (Å²) < 4.78 is 0. The first kappa shape index (κ1) is 11.0. The lowest BCUT2D eigenvalue weighted by Crippen LogP contribution is -2.46. The van der Waals surface area contributed by atoms with Crippen LogP contribution in [0.2, 0.25) is 0 Å². The third kappa shape index (κ3) is 1.79. The van der Waals surface area contributed by atoms with Crippen molar-refractivity contribution in [2.75, 3.05) is 6.54 Å². The van der Waals surface area contributed by atoms with Gasteiger partial charge in [0.2, 0.25) is 0 Å². The number of carbonyl (C=O) groups excluding carboxylic acids is 1. The van der Waals surface area contributed by atoms with Gasteiger partial charge in [-0.05, 0) is 31.7 Å². The second kappa shape index (κ2) is 3.80. The van der Waals surface area contributed by atoms with Gasteiger partial charge < -0.3 is 4.90 Å². The standard InChI is InChI=1S/C11H14ClNOS/c1-11(2)9(12)3-5-13(11)10(14)8-4-6-15-7-8/h4,6-7,9H,3,5H2,1-2H3. The van der Waals surface area contributed by atoms with E-state index in [0.29, 0.717) is 0 Å². The highest BCUT2D eigenvalue weighted by atomic mass is 35.5. The first-order valence-corrected chi connectivity index (χ1v) is 6.39. The molecule has 1 aliphatic heterocycles. The smallest absolute Gasteiger partial charge is 0.255 e. The number of halogens is 1. The number of carbonyl (C=O) groups is 1. The number of hydrogen-bond donors (Lipinski definition) is 0. The van der Waals surface area contributed by atoms with Crippen LogP contribution in [0.1, 0.15) is 30.6 Å². The summed E-state index contributed by atoms with van der Waals surface area (Å²) in [6.07, 6.45) is 0.879. The Hall–Kier alpha value is -0.540. The Balaban J connectivity index is 2.22. The molecule has 1 aliphatic rings. The number of likely N-dealkylation sites (tertiary alicyclic amines) is 1. The molecule has 1 aromatic rings. The summed E-state index contributed by atoms with van der Waals surface area (Å²) >= 11 is 7.76. The van der Waals surface area contributed by atoms with Gasteiger partial charge in [-0.3, -0.25) is 4.79 Å². The van der Waals surface area contributed by atoms with Crippen LogP contribution in [0.4, 0.5) is 0 Å². The number of hydrogen-bond acceptors (Lipinski definition) is 2. The molecule has 0 N–H and O–H groups in total. The summed E-state index contributed by atoms with van der Waals surface area (Å²) in [5.74, 6) is 0.101. The molecular formula is C11H14ClNOS. The molecule has 0 bridgehead atoms. The first-order valence-electron chi connectivity index (χ1n) is 5.01. The zero-order valence-corrected chi connectivity index (χ0v) is 10.4. The maximum atomic E-state index is 12.1. The fourth-order valence-corrected chi connectivity index (χ4v) is 2.80. The van der Waals surface area contributed by atoms with E-state index in [2.05, 4.69) is 0 Å². The van der Waals surface area contributed by atoms with Crippen molar-refractivity contribution >= 4 is 28.8 Å². The highest BCUT2D eigenvalue weighted by molar-refractivity contribution is 7.08. The van der Waals surface area contributed by atoms with E-state index in [1.54, 1.807) is 11.3 Å². The maximum absolute atomic E-state index is 12.1. The van der Waals surface area contributed by atoms with Crippen LogP contribution in [0.5, 0.6) is 0 Å². The van der Waals surface area contributed by atoms with Crippen LogP contribution in [0.3, 0.4) is 0 Å². The minimum Gasteiger partial charge on any atom is -0.332 e. The summed E-state index contributed by atoms with van der Waals surface area (Å²) in [5, 5.41) is 3.87. The molecule has 1 saturated heterocycles. The van der Waals surface area contributed by atoms with Crippen molar-refractivity contribution in [3.05, 3.63) is 22.4 Å². The quantitative estimate of drug-likeness (QED) is 0.695. The lowest BCUT2D eigenvalue weighted by Gasteiger charge is -2.33. The van der Waals surface area contributed by atoms with E-state index >= 15 is 0 Å². The van der Waals surface area contributed by atoms with Crippen LogP contribution in [-0.2, 0) is 0 Å². The van der Waals surface area contributed by atoms with Crippen LogP contribution in [0.15, 0.2) is 16.8 Å². The van der Waals surface area contributed by atoms with E-state index < -0.39 is 0 Å². The predicted molar refractivity (Wildman–Crippen MR) is 63.7 cm³/mol. The molecule has 15 heavy (non-hydrogen) atoms. The molecule has 2 rings (SSSR count). The molecule has 0 saturated carbocycles. The summed E-state index contributed by atoms with van der Waals surface area (Å²) in [4.78, 5) is 14.0. The molecule has 0 aromatic carbocycles. The number of amides is 1. The summed E-state index contributed by atoms with van der Waals surface area (Å²) in [6, 6.07) is 1.87. The van der Waals surface area contributed by atoms with Crippen molar-refractivity contribution in [1.82, 2.24) is 4.90 Å². The second-order valence-corrected chi connectivity index (χ2v) is 5.69. The van der Waals surface area contributed by atoms with Gasteiger partial charge in [0.1, 0.15) is 0 Å². The van der Waals surface area contributed by atoms with Gasteiger partial charge in [-0.2, -0.15) is 11.3 Å². The predicted octanol–water partition coefficient (Wildman–Crippen LogP) is 2.98. The monoisotopic (exact) mass is 243 g/mol. The Morgan fingerprint density at radius 1 is 1.67 bits per heavy atom. The van der Waals surface area contributed by atoms with Gasteiger partial charge in [-0.25, -0.2) is 0 Å². The van der Waals surface area contributed by atoms with Gasteiger partial charge in [0.05, 0.1) is 16.5 Å². The lowest BCUT2D eigenvalue weighted by atomic mass is 10.0. The molecule has 1 fully saturated rings.